The Morgan fingerprint density at radius 1 is 1.50 bits per heavy atom. The summed E-state index contributed by atoms with van der Waals surface area (Å²) in [5, 5.41) is 12.6. The number of phenols is 1. The van der Waals surface area contributed by atoms with Crippen LogP contribution in [0.5, 0.6) is 5.75 Å². The first kappa shape index (κ1) is 14.5. The van der Waals surface area contributed by atoms with Crippen LogP contribution in [0.4, 0.5) is 5.69 Å². The van der Waals surface area contributed by atoms with Crippen LogP contribution >= 0.6 is 0 Å². The van der Waals surface area contributed by atoms with Gasteiger partial charge in [-0.1, -0.05) is 13.0 Å². The maximum absolute atomic E-state index is 12.3. The molecule has 0 bridgehead atoms. The molecule has 100 valence electrons. The van der Waals surface area contributed by atoms with E-state index < -0.39 is 0 Å². The van der Waals surface area contributed by atoms with E-state index >= 15 is 0 Å². The van der Waals surface area contributed by atoms with E-state index in [0.29, 0.717) is 13.1 Å². The van der Waals surface area contributed by atoms with Crippen LogP contribution in [0.15, 0.2) is 18.2 Å². The molecular formula is C14H22N2O2. The van der Waals surface area contributed by atoms with E-state index in [1.807, 2.05) is 33.9 Å². The largest absolute Gasteiger partial charge is 0.508 e. The molecule has 2 N–H and O–H groups in total. The van der Waals surface area contributed by atoms with Crippen LogP contribution in [0.2, 0.25) is 0 Å². The summed E-state index contributed by atoms with van der Waals surface area (Å²) in [5.41, 5.74) is 1.77. The van der Waals surface area contributed by atoms with Crippen LogP contribution < -0.4 is 10.2 Å². The lowest BCUT2D eigenvalue weighted by Gasteiger charge is -2.26. The second kappa shape index (κ2) is 6.40. The number of rotatable bonds is 5. The number of anilines is 1. The quantitative estimate of drug-likeness (QED) is 0.839. The number of aromatic hydroxyl groups is 1. The molecule has 0 saturated carbocycles. The van der Waals surface area contributed by atoms with Gasteiger partial charge in [0.05, 0.1) is 5.69 Å². The zero-order valence-electron chi connectivity index (χ0n) is 11.5. The maximum atomic E-state index is 12.3. The van der Waals surface area contributed by atoms with Crippen molar-refractivity contribution in [1.29, 1.82) is 0 Å². The second-order valence-electron chi connectivity index (χ2n) is 4.51. The number of nitrogens with zero attached hydrogens (tertiary/aromatic N) is 1. The topological polar surface area (TPSA) is 52.6 Å². The number of hydrogen-bond donors (Lipinski definition) is 2. The lowest BCUT2D eigenvalue weighted by Crippen LogP contribution is -2.38. The predicted octanol–water partition coefficient (Wildman–Crippen LogP) is 1.91. The number of hydrogen-bond acceptors (Lipinski definition) is 3. The van der Waals surface area contributed by atoms with Crippen molar-refractivity contribution in [2.75, 3.05) is 25.0 Å². The second-order valence-corrected chi connectivity index (χ2v) is 4.51. The van der Waals surface area contributed by atoms with Gasteiger partial charge in [-0.25, -0.2) is 0 Å². The highest BCUT2D eigenvalue weighted by Gasteiger charge is 2.21. The van der Waals surface area contributed by atoms with Crippen LogP contribution in [-0.2, 0) is 4.79 Å². The molecule has 4 nitrogen and oxygen atoms in total. The van der Waals surface area contributed by atoms with Crippen molar-refractivity contribution >= 4 is 11.6 Å². The van der Waals surface area contributed by atoms with Crippen LogP contribution in [0.25, 0.3) is 0 Å². The Labute approximate surface area is 109 Å². The monoisotopic (exact) mass is 250 g/mol. The smallest absolute Gasteiger partial charge is 0.231 e. The van der Waals surface area contributed by atoms with E-state index in [4.69, 9.17) is 0 Å². The first-order valence-electron chi connectivity index (χ1n) is 6.26. The van der Waals surface area contributed by atoms with E-state index in [2.05, 4.69) is 5.32 Å². The molecule has 0 heterocycles. The lowest BCUT2D eigenvalue weighted by molar-refractivity contribution is -0.121. The summed E-state index contributed by atoms with van der Waals surface area (Å²) in [4.78, 5) is 14.1. The molecule has 0 aliphatic heterocycles. The van der Waals surface area contributed by atoms with Crippen molar-refractivity contribution in [3.8, 4) is 5.75 Å². The predicted molar refractivity (Wildman–Crippen MR) is 74.0 cm³/mol. The summed E-state index contributed by atoms with van der Waals surface area (Å²) in [6.45, 7) is 7.02. The number of carbonyl (C=O) groups excluding carboxylic acids is 1. The van der Waals surface area contributed by atoms with Crippen molar-refractivity contribution in [2.45, 2.75) is 20.8 Å². The van der Waals surface area contributed by atoms with Gasteiger partial charge in [0.15, 0.2) is 0 Å². The number of carbonyl (C=O) groups is 1. The van der Waals surface area contributed by atoms with Crippen molar-refractivity contribution in [2.24, 2.45) is 5.92 Å². The molecule has 0 spiro atoms. The summed E-state index contributed by atoms with van der Waals surface area (Å²) < 4.78 is 0. The fourth-order valence-corrected chi connectivity index (χ4v) is 1.99. The SMILES string of the molecule is CCN(C(=O)C(C)CNC)c1cc(O)ccc1C. The molecule has 18 heavy (non-hydrogen) atoms. The molecule has 4 heteroatoms. The normalized spacial score (nSPS) is 12.2. The van der Waals surface area contributed by atoms with Gasteiger partial charge in [0.1, 0.15) is 5.75 Å². The van der Waals surface area contributed by atoms with E-state index in [0.717, 1.165) is 11.3 Å². The number of aryl methyl sites for hydroxylation is 1. The van der Waals surface area contributed by atoms with Gasteiger partial charge >= 0.3 is 0 Å². The Bertz CT molecular complexity index is 418. The highest BCUT2D eigenvalue weighted by Crippen LogP contribution is 2.26. The van der Waals surface area contributed by atoms with Gasteiger partial charge in [-0.15, -0.1) is 0 Å². The van der Waals surface area contributed by atoms with Crippen LogP contribution in [-0.4, -0.2) is 31.2 Å². The van der Waals surface area contributed by atoms with Gasteiger partial charge in [-0.2, -0.15) is 0 Å². The van der Waals surface area contributed by atoms with Gasteiger partial charge in [0.25, 0.3) is 0 Å². The van der Waals surface area contributed by atoms with Gasteiger partial charge in [-0.05, 0) is 32.5 Å². The van der Waals surface area contributed by atoms with E-state index in [1.54, 1.807) is 17.0 Å². The number of benzene rings is 1. The average Bonchev–Trinajstić information content (AvgIpc) is 2.34. The van der Waals surface area contributed by atoms with E-state index in [9.17, 15) is 9.90 Å². The summed E-state index contributed by atoms with van der Waals surface area (Å²) in [6.07, 6.45) is 0. The fraction of sp³-hybridized carbons (Fsp3) is 0.500. The van der Waals surface area contributed by atoms with Gasteiger partial charge < -0.3 is 15.3 Å². The number of amides is 1. The average molecular weight is 250 g/mol. The molecule has 1 unspecified atom stereocenters. The minimum absolute atomic E-state index is 0.0700. The molecule has 1 amide bonds. The summed E-state index contributed by atoms with van der Waals surface area (Å²) in [5.74, 6) is 0.167. The Morgan fingerprint density at radius 3 is 2.72 bits per heavy atom. The highest BCUT2D eigenvalue weighted by atomic mass is 16.3. The minimum Gasteiger partial charge on any atom is -0.508 e. The molecular weight excluding hydrogens is 228 g/mol. The number of phenolic OH excluding ortho intramolecular Hbond substituents is 1. The first-order valence-corrected chi connectivity index (χ1v) is 6.26. The molecule has 0 aliphatic carbocycles. The van der Waals surface area contributed by atoms with Crippen molar-refractivity contribution in [1.82, 2.24) is 5.32 Å². The Balaban J connectivity index is 3.02. The third-order valence-corrected chi connectivity index (χ3v) is 3.00. The minimum atomic E-state index is -0.0864. The molecule has 1 aromatic rings. The molecule has 0 saturated heterocycles. The fourth-order valence-electron chi connectivity index (χ4n) is 1.99. The van der Waals surface area contributed by atoms with Crippen LogP contribution in [0.1, 0.15) is 19.4 Å². The summed E-state index contributed by atoms with van der Waals surface area (Å²) >= 11 is 0. The summed E-state index contributed by atoms with van der Waals surface area (Å²) in [7, 11) is 1.83. The molecule has 1 atom stereocenters. The van der Waals surface area contributed by atoms with Gasteiger partial charge in [0.2, 0.25) is 5.91 Å². The number of nitrogens with one attached hydrogen (secondary N) is 1. The standard InChI is InChI=1S/C14H22N2O2/c1-5-16(14(18)11(3)9-15-4)13-8-12(17)7-6-10(13)2/h6-8,11,15,17H,5,9H2,1-4H3. The molecule has 0 aromatic heterocycles. The molecule has 0 fully saturated rings. The van der Waals surface area contributed by atoms with E-state index in [-0.39, 0.29) is 17.6 Å². The molecule has 0 radical (unpaired) electrons. The molecule has 1 rings (SSSR count). The van der Waals surface area contributed by atoms with Crippen LogP contribution in [0, 0.1) is 12.8 Å². The maximum Gasteiger partial charge on any atom is 0.231 e. The Kier molecular flexibility index (Phi) is 5.16. The Hall–Kier alpha value is -1.55. The molecule has 1 aromatic carbocycles. The van der Waals surface area contributed by atoms with Gasteiger partial charge in [-0.3, -0.25) is 4.79 Å². The van der Waals surface area contributed by atoms with E-state index in [1.165, 1.54) is 0 Å². The summed E-state index contributed by atoms with van der Waals surface area (Å²) in [6, 6.07) is 5.10. The van der Waals surface area contributed by atoms with Crippen molar-refractivity contribution < 1.29 is 9.90 Å². The molecule has 0 aliphatic rings. The van der Waals surface area contributed by atoms with Crippen molar-refractivity contribution in [3.05, 3.63) is 23.8 Å². The van der Waals surface area contributed by atoms with Gasteiger partial charge in [0, 0.05) is 25.1 Å². The third-order valence-electron chi connectivity index (χ3n) is 3.00. The zero-order valence-corrected chi connectivity index (χ0v) is 11.5. The van der Waals surface area contributed by atoms with Crippen molar-refractivity contribution in [3.63, 3.8) is 0 Å². The zero-order chi connectivity index (χ0) is 13.7. The first-order chi connectivity index (χ1) is 8.51. The lowest BCUT2D eigenvalue weighted by atomic mass is 10.1. The highest BCUT2D eigenvalue weighted by molar-refractivity contribution is 5.95. The third kappa shape index (κ3) is 3.23. The van der Waals surface area contributed by atoms with Crippen LogP contribution in [0.3, 0.4) is 0 Å². The Morgan fingerprint density at radius 2 is 2.17 bits per heavy atom.